The Morgan fingerprint density at radius 1 is 1.02 bits per heavy atom. The van der Waals surface area contributed by atoms with Crippen molar-refractivity contribution in [2.45, 2.75) is 17.6 Å². The van der Waals surface area contributed by atoms with E-state index in [2.05, 4.69) is 27.4 Å². The largest absolute Gasteiger partial charge is 0.495 e. The van der Waals surface area contributed by atoms with Crippen LogP contribution in [0.25, 0.3) is 10.9 Å². The molecule has 228 valence electrons. The van der Waals surface area contributed by atoms with Crippen molar-refractivity contribution in [1.29, 1.82) is 0 Å². The fraction of sp³-hybridized carbons (Fsp3) is 0.267. The number of nitrogens with zero attached hydrogens (tertiary/aromatic N) is 2. The van der Waals surface area contributed by atoms with Gasteiger partial charge in [0.05, 0.1) is 42.1 Å². The van der Waals surface area contributed by atoms with E-state index in [1.165, 1.54) is 25.3 Å². The van der Waals surface area contributed by atoms with Crippen molar-refractivity contribution in [2.75, 3.05) is 56.5 Å². The number of alkyl halides is 3. The van der Waals surface area contributed by atoms with Crippen LogP contribution in [0.2, 0.25) is 0 Å². The second kappa shape index (κ2) is 13.3. The Morgan fingerprint density at radius 2 is 1.77 bits per heavy atom. The summed E-state index contributed by atoms with van der Waals surface area (Å²) < 4.78 is 75.5. The van der Waals surface area contributed by atoms with Gasteiger partial charge in [0.15, 0.2) is 0 Å². The van der Waals surface area contributed by atoms with Crippen molar-refractivity contribution in [3.8, 4) is 17.6 Å². The number of methoxy groups -OCH3 is 2. The number of likely N-dealkylation sites (N-methyl/N-ethyl adjacent to an activating group) is 1. The van der Waals surface area contributed by atoms with Gasteiger partial charge in [0.1, 0.15) is 12.3 Å². The third kappa shape index (κ3) is 8.13. The van der Waals surface area contributed by atoms with Crippen molar-refractivity contribution >= 4 is 43.7 Å². The van der Waals surface area contributed by atoms with Gasteiger partial charge in [-0.1, -0.05) is 12.0 Å². The summed E-state index contributed by atoms with van der Waals surface area (Å²) in [6, 6.07) is 18.5. The van der Waals surface area contributed by atoms with Gasteiger partial charge in [-0.2, -0.15) is 13.2 Å². The van der Waals surface area contributed by atoms with Gasteiger partial charge in [-0.25, -0.2) is 13.6 Å². The first-order valence-electron chi connectivity index (χ1n) is 13.1. The van der Waals surface area contributed by atoms with E-state index < -0.39 is 22.7 Å². The second-order valence-electron chi connectivity index (χ2n) is 9.62. The third-order valence-electron chi connectivity index (χ3n) is 6.59. The molecule has 0 amide bonds. The number of rotatable bonds is 11. The fourth-order valence-corrected chi connectivity index (χ4v) is 4.96. The Hall–Kier alpha value is -4.38. The lowest BCUT2D eigenvalue weighted by atomic mass is 10.2. The monoisotopic (exact) mass is 615 g/mol. The molecule has 0 radical (unpaired) electrons. The number of ether oxygens (including phenoxy) is 2. The van der Waals surface area contributed by atoms with Crippen LogP contribution >= 0.6 is 0 Å². The average molecular weight is 616 g/mol. The first-order chi connectivity index (χ1) is 20.4. The van der Waals surface area contributed by atoms with Crippen LogP contribution in [0, 0.1) is 11.8 Å². The second-order valence-corrected chi connectivity index (χ2v) is 11.2. The molecule has 0 aliphatic rings. The van der Waals surface area contributed by atoms with Gasteiger partial charge in [0.2, 0.25) is 10.0 Å². The summed E-state index contributed by atoms with van der Waals surface area (Å²) in [5.41, 5.74) is 3.44. The number of hydrogen-bond donors (Lipinski definition) is 3. The van der Waals surface area contributed by atoms with E-state index in [9.17, 15) is 21.6 Å². The number of nitrogens with two attached hydrogens (primary N) is 1. The zero-order valence-corrected chi connectivity index (χ0v) is 24.6. The van der Waals surface area contributed by atoms with E-state index in [4.69, 9.17) is 14.6 Å². The number of benzene rings is 3. The van der Waals surface area contributed by atoms with Gasteiger partial charge in [-0.3, -0.25) is 0 Å². The summed E-state index contributed by atoms with van der Waals surface area (Å²) in [6.45, 7) is 0.169. The lowest BCUT2D eigenvalue weighted by molar-refractivity contribution is -0.140. The SMILES string of the molecule is COCCN(C)c1ccc(Nc2cccc3c2cc(C#CCNc2ccc(S(N)(=O)=O)cc2OC)n3CC(F)(F)F)cc1. The molecule has 13 heteroatoms. The minimum absolute atomic E-state index is 0.0505. The summed E-state index contributed by atoms with van der Waals surface area (Å²) in [5, 5.41) is 12.1. The maximum absolute atomic E-state index is 13.6. The molecule has 0 spiro atoms. The molecule has 0 saturated heterocycles. The minimum Gasteiger partial charge on any atom is -0.495 e. The minimum atomic E-state index is -4.47. The van der Waals surface area contributed by atoms with Crippen LogP contribution in [0.15, 0.2) is 71.6 Å². The molecular formula is C30H32F3N5O4S. The number of anilines is 4. The number of fused-ring (bicyclic) bond motifs is 1. The molecule has 4 N–H and O–H groups in total. The molecule has 0 saturated carbocycles. The summed E-state index contributed by atoms with van der Waals surface area (Å²) in [6.07, 6.45) is -4.47. The van der Waals surface area contributed by atoms with E-state index in [-0.39, 0.29) is 22.9 Å². The number of primary sulfonamides is 1. The normalized spacial score (nSPS) is 11.6. The van der Waals surface area contributed by atoms with E-state index in [0.29, 0.717) is 28.9 Å². The van der Waals surface area contributed by atoms with E-state index >= 15 is 0 Å². The average Bonchev–Trinajstić information content (AvgIpc) is 3.30. The molecule has 4 aromatic rings. The smallest absolute Gasteiger partial charge is 0.406 e. The molecule has 0 unspecified atom stereocenters. The Labute approximate surface area is 248 Å². The Bertz CT molecular complexity index is 1740. The van der Waals surface area contributed by atoms with Crippen molar-refractivity contribution in [3.05, 3.63) is 72.4 Å². The molecule has 0 fully saturated rings. The van der Waals surface area contributed by atoms with Crippen LogP contribution in [-0.2, 0) is 21.3 Å². The van der Waals surface area contributed by atoms with Crippen LogP contribution in [0.1, 0.15) is 5.69 Å². The Morgan fingerprint density at radius 3 is 2.42 bits per heavy atom. The maximum atomic E-state index is 13.6. The highest BCUT2D eigenvalue weighted by molar-refractivity contribution is 7.89. The molecule has 0 atom stereocenters. The topological polar surface area (TPSA) is 111 Å². The number of hydrogen-bond acceptors (Lipinski definition) is 7. The summed E-state index contributed by atoms with van der Waals surface area (Å²) >= 11 is 0. The third-order valence-corrected chi connectivity index (χ3v) is 7.50. The summed E-state index contributed by atoms with van der Waals surface area (Å²) in [4.78, 5) is 1.94. The lowest BCUT2D eigenvalue weighted by Gasteiger charge is -2.19. The zero-order valence-electron chi connectivity index (χ0n) is 23.8. The molecule has 0 aliphatic carbocycles. The highest BCUT2D eigenvalue weighted by Gasteiger charge is 2.30. The highest BCUT2D eigenvalue weighted by atomic mass is 32.2. The molecular weight excluding hydrogens is 583 g/mol. The van der Waals surface area contributed by atoms with Crippen LogP contribution in [0.5, 0.6) is 5.75 Å². The standard InChI is InChI=1S/C30H32F3N5O4S/c1-37(16-17-41-2)22-11-9-21(10-12-22)36-26-7-4-8-28-25(26)18-23(38(28)20-30(31,32)33)6-5-15-35-27-14-13-24(43(34,39)40)19-29(27)42-3/h4,7-14,18-19,35-36H,15-17,20H2,1-3H3,(H2,34,39,40). The zero-order chi connectivity index (χ0) is 31.2. The van der Waals surface area contributed by atoms with Gasteiger partial charge >= 0.3 is 6.18 Å². The number of sulfonamides is 1. The predicted molar refractivity (Wildman–Crippen MR) is 163 cm³/mol. The first kappa shape index (κ1) is 31.6. The first-order valence-corrected chi connectivity index (χ1v) is 14.6. The summed E-state index contributed by atoms with van der Waals surface area (Å²) in [5.74, 6) is 5.93. The van der Waals surface area contributed by atoms with E-state index in [1.807, 2.05) is 31.3 Å². The molecule has 9 nitrogen and oxygen atoms in total. The molecule has 43 heavy (non-hydrogen) atoms. The van der Waals surface area contributed by atoms with Crippen LogP contribution in [-0.4, -0.2) is 60.1 Å². The molecule has 1 aromatic heterocycles. The molecule has 4 rings (SSSR count). The Kier molecular flexibility index (Phi) is 9.75. The van der Waals surface area contributed by atoms with Gasteiger partial charge in [-0.05, 0) is 60.5 Å². The van der Waals surface area contributed by atoms with E-state index in [0.717, 1.165) is 22.5 Å². The fourth-order valence-electron chi connectivity index (χ4n) is 4.43. The highest BCUT2D eigenvalue weighted by Crippen LogP contribution is 2.32. The van der Waals surface area contributed by atoms with Crippen molar-refractivity contribution < 1.29 is 31.1 Å². The van der Waals surface area contributed by atoms with Gasteiger partial charge in [0, 0.05) is 49.2 Å². The number of halogens is 3. The molecule has 0 aliphatic heterocycles. The predicted octanol–water partition coefficient (Wildman–Crippen LogP) is 5.15. The van der Waals surface area contributed by atoms with Crippen molar-refractivity contribution in [3.63, 3.8) is 0 Å². The van der Waals surface area contributed by atoms with Crippen LogP contribution in [0.3, 0.4) is 0 Å². The molecule has 0 bridgehead atoms. The summed E-state index contributed by atoms with van der Waals surface area (Å²) in [7, 11) is 1.06. The lowest BCUT2D eigenvalue weighted by Crippen LogP contribution is -2.21. The Balaban J connectivity index is 1.59. The number of nitrogens with one attached hydrogen (secondary N) is 2. The molecule has 3 aromatic carbocycles. The van der Waals surface area contributed by atoms with Crippen molar-refractivity contribution in [2.24, 2.45) is 5.14 Å². The van der Waals surface area contributed by atoms with Gasteiger partial charge < -0.3 is 29.6 Å². The van der Waals surface area contributed by atoms with Crippen LogP contribution in [0.4, 0.5) is 35.9 Å². The van der Waals surface area contributed by atoms with Crippen LogP contribution < -0.4 is 25.4 Å². The maximum Gasteiger partial charge on any atom is 0.406 e. The quantitative estimate of drug-likeness (QED) is 0.200. The van der Waals surface area contributed by atoms with Crippen molar-refractivity contribution in [1.82, 2.24) is 4.57 Å². The van der Waals surface area contributed by atoms with Gasteiger partial charge in [0.25, 0.3) is 0 Å². The number of aromatic nitrogens is 1. The van der Waals surface area contributed by atoms with Gasteiger partial charge in [-0.15, -0.1) is 0 Å². The molecule has 1 heterocycles. The van der Waals surface area contributed by atoms with E-state index in [1.54, 1.807) is 31.4 Å².